The normalized spacial score (nSPS) is 18.8. The molecular formula is C36H34N6O3S. The van der Waals surface area contributed by atoms with Gasteiger partial charge in [0.25, 0.3) is 15.9 Å². The van der Waals surface area contributed by atoms with Crippen LogP contribution in [-0.2, 0) is 10.0 Å². The molecule has 10 heteroatoms. The Labute approximate surface area is 268 Å². The lowest BCUT2D eigenvalue weighted by Crippen LogP contribution is -2.30. The maximum Gasteiger partial charge on any atom is 0.265 e. The quantitative estimate of drug-likeness (QED) is 0.213. The van der Waals surface area contributed by atoms with Gasteiger partial charge < -0.3 is 0 Å². The molecule has 46 heavy (non-hydrogen) atoms. The molecule has 1 amide bonds. The van der Waals surface area contributed by atoms with E-state index in [1.807, 2.05) is 36.4 Å². The molecule has 3 aromatic carbocycles. The van der Waals surface area contributed by atoms with Crippen LogP contribution in [0.15, 0.2) is 101 Å². The number of rotatable bonds is 6. The first-order valence-electron chi connectivity index (χ1n) is 15.7. The Balaban J connectivity index is 1.26. The minimum Gasteiger partial charge on any atom is -0.268 e. The molecule has 7 rings (SSSR count). The zero-order chi connectivity index (χ0) is 31.7. The summed E-state index contributed by atoms with van der Waals surface area (Å²) < 4.78 is 28.0. The minimum absolute atomic E-state index is 0.0251. The number of sulfonamides is 1. The van der Waals surface area contributed by atoms with E-state index in [0.29, 0.717) is 46.6 Å². The molecule has 0 bridgehead atoms. The van der Waals surface area contributed by atoms with E-state index < -0.39 is 15.9 Å². The SMILES string of the molecule is C[C@@H]1c2ccc(C(=O)NS(=O)(=O)c3ccccc3)cc2N=C(c2cnc3nc(-c4ccccc4)ncc3n2)CC1C1CCCCC1. The molecule has 0 spiro atoms. The monoisotopic (exact) mass is 630 g/mol. The standard InChI is InChI=1S/C36H34N6O3S/c1-23-28-18-17-26(36(43)42-46(44,45)27-15-9-4-10-16-27)19-30(28)39-31(20-29(23)24-11-5-2-6-12-24)32-21-38-35-33(40-32)22-37-34(41-35)25-13-7-3-8-14-25/h3-4,7-10,13-19,21-24,29H,2,5-6,11-12,20H2,1H3,(H,42,43)/t23-,29?/m1/s1. The summed E-state index contributed by atoms with van der Waals surface area (Å²) in [5.74, 6) is 0.926. The minimum atomic E-state index is -4.03. The van der Waals surface area contributed by atoms with Gasteiger partial charge in [-0.3, -0.25) is 9.79 Å². The van der Waals surface area contributed by atoms with Crippen molar-refractivity contribution in [1.29, 1.82) is 0 Å². The molecule has 1 aliphatic carbocycles. The van der Waals surface area contributed by atoms with Crippen molar-refractivity contribution < 1.29 is 13.2 Å². The Morgan fingerprint density at radius 2 is 1.59 bits per heavy atom. The number of amides is 1. The Morgan fingerprint density at radius 3 is 2.35 bits per heavy atom. The van der Waals surface area contributed by atoms with Crippen LogP contribution in [0.1, 0.15) is 73.0 Å². The number of carbonyl (C=O) groups is 1. The summed E-state index contributed by atoms with van der Waals surface area (Å²) in [6.07, 6.45) is 10.2. The van der Waals surface area contributed by atoms with Crippen LogP contribution >= 0.6 is 0 Å². The Hall–Kier alpha value is -4.83. The highest BCUT2D eigenvalue weighted by atomic mass is 32.2. The van der Waals surface area contributed by atoms with Crippen molar-refractivity contribution in [3.8, 4) is 11.4 Å². The summed E-state index contributed by atoms with van der Waals surface area (Å²) in [7, 11) is -4.03. The summed E-state index contributed by atoms with van der Waals surface area (Å²) in [5.41, 5.74) is 5.31. The molecule has 3 heterocycles. The Morgan fingerprint density at radius 1 is 0.848 bits per heavy atom. The third-order valence-electron chi connectivity index (χ3n) is 9.27. The van der Waals surface area contributed by atoms with E-state index in [-0.39, 0.29) is 16.4 Å². The van der Waals surface area contributed by atoms with Gasteiger partial charge in [0.2, 0.25) is 0 Å². The first-order valence-corrected chi connectivity index (χ1v) is 17.2. The predicted molar refractivity (Wildman–Crippen MR) is 177 cm³/mol. The summed E-state index contributed by atoms with van der Waals surface area (Å²) in [6.45, 7) is 2.24. The summed E-state index contributed by atoms with van der Waals surface area (Å²) in [6, 6.07) is 22.9. The second kappa shape index (κ2) is 12.5. The summed E-state index contributed by atoms with van der Waals surface area (Å²) in [4.78, 5) is 37.2. The molecule has 1 N–H and O–H groups in total. The fourth-order valence-electron chi connectivity index (χ4n) is 6.81. The van der Waals surface area contributed by atoms with Gasteiger partial charge >= 0.3 is 0 Å². The molecular weight excluding hydrogens is 597 g/mol. The van der Waals surface area contributed by atoms with E-state index >= 15 is 0 Å². The molecule has 2 atom stereocenters. The van der Waals surface area contributed by atoms with Crippen molar-refractivity contribution in [2.24, 2.45) is 16.8 Å². The molecule has 0 radical (unpaired) electrons. The van der Waals surface area contributed by atoms with Gasteiger partial charge in [0, 0.05) is 11.1 Å². The van der Waals surface area contributed by atoms with Crippen LogP contribution in [0.4, 0.5) is 5.69 Å². The number of nitrogens with one attached hydrogen (secondary N) is 1. The van der Waals surface area contributed by atoms with E-state index in [4.69, 9.17) is 9.98 Å². The van der Waals surface area contributed by atoms with E-state index in [1.54, 1.807) is 42.7 Å². The highest BCUT2D eigenvalue weighted by Gasteiger charge is 2.34. The molecule has 1 saturated carbocycles. The van der Waals surface area contributed by atoms with Crippen molar-refractivity contribution in [3.63, 3.8) is 0 Å². The highest BCUT2D eigenvalue weighted by molar-refractivity contribution is 7.90. The van der Waals surface area contributed by atoms with Crippen LogP contribution < -0.4 is 4.72 Å². The zero-order valence-corrected chi connectivity index (χ0v) is 26.3. The van der Waals surface area contributed by atoms with Crippen LogP contribution in [0, 0.1) is 11.8 Å². The van der Waals surface area contributed by atoms with Crippen LogP contribution in [0.5, 0.6) is 0 Å². The number of hydrogen-bond donors (Lipinski definition) is 1. The van der Waals surface area contributed by atoms with E-state index in [2.05, 4.69) is 26.6 Å². The lowest BCUT2D eigenvalue weighted by atomic mass is 9.70. The molecule has 0 saturated heterocycles. The lowest BCUT2D eigenvalue weighted by Gasteiger charge is -2.34. The van der Waals surface area contributed by atoms with E-state index in [1.165, 1.54) is 44.2 Å². The van der Waals surface area contributed by atoms with Crippen LogP contribution in [0.2, 0.25) is 0 Å². The van der Waals surface area contributed by atoms with E-state index in [0.717, 1.165) is 16.8 Å². The van der Waals surface area contributed by atoms with Gasteiger partial charge in [0.15, 0.2) is 11.5 Å². The first-order chi connectivity index (χ1) is 22.4. The van der Waals surface area contributed by atoms with Crippen molar-refractivity contribution >= 4 is 38.5 Å². The highest BCUT2D eigenvalue weighted by Crippen LogP contribution is 2.45. The average molecular weight is 631 g/mol. The van der Waals surface area contributed by atoms with Crippen LogP contribution in [0.3, 0.4) is 0 Å². The average Bonchev–Trinajstić information content (AvgIpc) is 3.24. The number of fused-ring (bicyclic) bond motifs is 2. The Bertz CT molecular complexity index is 2050. The molecule has 1 fully saturated rings. The number of carbonyl (C=O) groups excluding carboxylic acids is 1. The van der Waals surface area contributed by atoms with E-state index in [9.17, 15) is 13.2 Å². The third kappa shape index (κ3) is 6.04. The van der Waals surface area contributed by atoms with Gasteiger partial charge in [-0.05, 0) is 54.0 Å². The van der Waals surface area contributed by atoms with Gasteiger partial charge in [-0.15, -0.1) is 0 Å². The van der Waals surface area contributed by atoms with Crippen molar-refractivity contribution in [2.75, 3.05) is 0 Å². The molecule has 5 aromatic rings. The van der Waals surface area contributed by atoms with Gasteiger partial charge in [-0.25, -0.2) is 33.1 Å². The molecule has 2 aliphatic rings. The van der Waals surface area contributed by atoms with Crippen molar-refractivity contribution in [2.45, 2.75) is 56.3 Å². The fraction of sp³-hybridized carbons (Fsp3) is 0.278. The maximum absolute atomic E-state index is 13.3. The van der Waals surface area contributed by atoms with Gasteiger partial charge in [-0.2, -0.15) is 0 Å². The smallest absolute Gasteiger partial charge is 0.265 e. The molecule has 232 valence electrons. The molecule has 1 aliphatic heterocycles. The number of benzene rings is 3. The maximum atomic E-state index is 13.3. The number of aromatic nitrogens is 4. The van der Waals surface area contributed by atoms with Gasteiger partial charge in [0.1, 0.15) is 11.2 Å². The third-order valence-corrected chi connectivity index (χ3v) is 10.6. The van der Waals surface area contributed by atoms with Gasteiger partial charge in [0.05, 0.1) is 28.7 Å². The number of aliphatic imine (C=N–C) groups is 1. The summed E-state index contributed by atoms with van der Waals surface area (Å²) in [5, 5.41) is 0. The molecule has 2 aromatic heterocycles. The number of hydrogen-bond acceptors (Lipinski definition) is 8. The van der Waals surface area contributed by atoms with Gasteiger partial charge in [-0.1, -0.05) is 93.6 Å². The predicted octanol–water partition coefficient (Wildman–Crippen LogP) is 7.03. The first kappa shape index (κ1) is 29.9. The summed E-state index contributed by atoms with van der Waals surface area (Å²) >= 11 is 0. The van der Waals surface area contributed by atoms with Crippen molar-refractivity contribution in [1.82, 2.24) is 24.7 Å². The molecule has 1 unspecified atom stereocenters. The molecule has 9 nitrogen and oxygen atoms in total. The van der Waals surface area contributed by atoms with Crippen LogP contribution in [-0.4, -0.2) is 40.0 Å². The van der Waals surface area contributed by atoms with Crippen LogP contribution in [0.25, 0.3) is 22.6 Å². The Kier molecular flexibility index (Phi) is 8.12. The second-order valence-corrected chi connectivity index (χ2v) is 13.8. The lowest BCUT2D eigenvalue weighted by molar-refractivity contribution is 0.0981. The second-order valence-electron chi connectivity index (χ2n) is 12.2. The zero-order valence-electron chi connectivity index (χ0n) is 25.5. The number of nitrogens with zero attached hydrogens (tertiary/aromatic N) is 5. The van der Waals surface area contributed by atoms with Crippen molar-refractivity contribution in [3.05, 3.63) is 108 Å². The largest absolute Gasteiger partial charge is 0.268 e. The fourth-order valence-corrected chi connectivity index (χ4v) is 7.81. The topological polar surface area (TPSA) is 127 Å².